The molecule has 9 heteroatoms. The predicted molar refractivity (Wildman–Crippen MR) is 127 cm³/mol. The van der Waals surface area contributed by atoms with Crippen LogP contribution in [0.2, 0.25) is 5.02 Å². The number of carbonyl (C=O) groups is 2. The second-order valence-corrected chi connectivity index (χ2v) is 10.6. The monoisotopic (exact) mass is 486 g/mol. The van der Waals surface area contributed by atoms with E-state index in [2.05, 4.69) is 4.98 Å². The molecule has 1 fully saturated rings. The number of aromatic nitrogens is 1. The highest BCUT2D eigenvalue weighted by molar-refractivity contribution is 7.91. The molecular weight excluding hydrogens is 464 g/mol. The first-order valence-corrected chi connectivity index (χ1v) is 12.8. The highest BCUT2D eigenvalue weighted by Gasteiger charge is 2.34. The van der Waals surface area contributed by atoms with Crippen LogP contribution in [-0.4, -0.2) is 60.9 Å². The Kier molecular flexibility index (Phi) is 6.67. The molecule has 1 atom stereocenters. The molecule has 0 aliphatic carbocycles. The molecule has 3 aromatic rings. The summed E-state index contributed by atoms with van der Waals surface area (Å²) in [5.41, 5.74) is 2.28. The van der Waals surface area contributed by atoms with E-state index >= 15 is 0 Å². The van der Waals surface area contributed by atoms with Crippen LogP contribution in [-0.2, 0) is 19.4 Å². The van der Waals surface area contributed by atoms with Crippen LogP contribution in [0.3, 0.4) is 0 Å². The lowest BCUT2D eigenvalue weighted by molar-refractivity contribution is -0.136. The minimum atomic E-state index is -3.13. The molecule has 1 aliphatic rings. The fraction of sp³-hybridized carbons (Fsp3) is 0.292. The van der Waals surface area contributed by atoms with Crippen LogP contribution < -0.4 is 0 Å². The second-order valence-electron chi connectivity index (χ2n) is 7.89. The van der Waals surface area contributed by atoms with E-state index in [1.807, 2.05) is 18.2 Å². The number of halogens is 1. The normalized spacial score (nSPS) is 17.1. The first kappa shape index (κ1) is 23.2. The van der Waals surface area contributed by atoms with Gasteiger partial charge in [0.05, 0.1) is 28.3 Å². The zero-order valence-corrected chi connectivity index (χ0v) is 19.6. The zero-order valence-electron chi connectivity index (χ0n) is 18.0. The van der Waals surface area contributed by atoms with E-state index in [1.165, 1.54) is 4.90 Å². The van der Waals surface area contributed by atoms with Gasteiger partial charge in [-0.2, -0.15) is 0 Å². The van der Waals surface area contributed by atoms with Crippen molar-refractivity contribution in [2.24, 2.45) is 0 Å². The number of sulfone groups is 1. The number of ether oxygens (including phenoxy) is 1. The number of amides is 1. The van der Waals surface area contributed by atoms with Gasteiger partial charge in [0.1, 0.15) is 0 Å². The molecule has 7 nitrogen and oxygen atoms in total. The Morgan fingerprint density at radius 1 is 1.15 bits per heavy atom. The van der Waals surface area contributed by atoms with Crippen molar-refractivity contribution in [2.75, 3.05) is 24.7 Å². The maximum atomic E-state index is 13.0. The minimum Gasteiger partial charge on any atom is -0.452 e. The molecule has 0 N–H and O–H groups in total. The highest BCUT2D eigenvalue weighted by atomic mass is 35.5. The summed E-state index contributed by atoms with van der Waals surface area (Å²) in [5.74, 6) is -1.05. The summed E-state index contributed by atoms with van der Waals surface area (Å²) in [6, 6.07) is 15.6. The molecule has 1 aliphatic heterocycles. The maximum Gasteiger partial charge on any atom is 0.339 e. The molecule has 2 heterocycles. The quantitative estimate of drug-likeness (QED) is 0.492. The number of para-hydroxylation sites is 1. The molecular formula is C24H23ClN2O5S. The number of hydrogen-bond donors (Lipinski definition) is 0. The molecule has 0 radical (unpaired) electrons. The Morgan fingerprint density at radius 3 is 2.55 bits per heavy atom. The van der Waals surface area contributed by atoms with Crippen LogP contribution in [0, 0.1) is 0 Å². The molecule has 1 saturated heterocycles. The van der Waals surface area contributed by atoms with Gasteiger partial charge < -0.3 is 9.64 Å². The summed E-state index contributed by atoms with van der Waals surface area (Å²) in [6.07, 6.45) is 0.398. The van der Waals surface area contributed by atoms with Crippen LogP contribution in [0.25, 0.3) is 22.2 Å². The van der Waals surface area contributed by atoms with Crippen molar-refractivity contribution in [1.82, 2.24) is 9.88 Å². The fourth-order valence-corrected chi connectivity index (χ4v) is 5.92. The third-order valence-corrected chi connectivity index (χ3v) is 7.72. The van der Waals surface area contributed by atoms with Crippen LogP contribution in [0.4, 0.5) is 0 Å². The van der Waals surface area contributed by atoms with Crippen molar-refractivity contribution < 1.29 is 22.7 Å². The van der Waals surface area contributed by atoms with Gasteiger partial charge >= 0.3 is 5.97 Å². The summed E-state index contributed by atoms with van der Waals surface area (Å²) < 4.78 is 29.0. The van der Waals surface area contributed by atoms with Gasteiger partial charge in [0.2, 0.25) is 0 Å². The topological polar surface area (TPSA) is 93.6 Å². The fourth-order valence-electron chi connectivity index (χ4n) is 4.06. The van der Waals surface area contributed by atoms with Gasteiger partial charge in [0.25, 0.3) is 5.91 Å². The predicted octanol–water partition coefficient (Wildman–Crippen LogP) is 3.75. The number of esters is 1. The van der Waals surface area contributed by atoms with Gasteiger partial charge in [-0.05, 0) is 37.6 Å². The van der Waals surface area contributed by atoms with Gasteiger partial charge in [0.15, 0.2) is 16.4 Å². The van der Waals surface area contributed by atoms with Gasteiger partial charge in [-0.15, -0.1) is 0 Å². The third-order valence-electron chi connectivity index (χ3n) is 5.71. The van der Waals surface area contributed by atoms with Crippen molar-refractivity contribution in [1.29, 1.82) is 0 Å². The number of carbonyl (C=O) groups excluding carboxylic acids is 2. The summed E-state index contributed by atoms with van der Waals surface area (Å²) in [6.45, 7) is 1.66. The van der Waals surface area contributed by atoms with Crippen molar-refractivity contribution in [3.8, 4) is 11.3 Å². The summed E-state index contributed by atoms with van der Waals surface area (Å²) in [7, 11) is -3.13. The molecule has 33 heavy (non-hydrogen) atoms. The van der Waals surface area contributed by atoms with Crippen LogP contribution in [0.5, 0.6) is 0 Å². The molecule has 172 valence electrons. The third kappa shape index (κ3) is 5.17. The van der Waals surface area contributed by atoms with Crippen LogP contribution >= 0.6 is 11.6 Å². The lowest BCUT2D eigenvalue weighted by atomic mass is 10.0. The number of likely N-dealkylation sites (N-methyl/N-ethyl adjacent to an activating group) is 1. The first-order valence-electron chi connectivity index (χ1n) is 10.6. The Morgan fingerprint density at radius 2 is 1.88 bits per heavy atom. The Hall–Kier alpha value is -2.97. The van der Waals surface area contributed by atoms with Crippen molar-refractivity contribution >= 4 is 44.2 Å². The summed E-state index contributed by atoms with van der Waals surface area (Å²) in [5, 5.41) is 1.20. The van der Waals surface area contributed by atoms with Gasteiger partial charge in [-0.25, -0.2) is 18.2 Å². The van der Waals surface area contributed by atoms with E-state index in [1.54, 1.807) is 43.3 Å². The average Bonchev–Trinajstić information content (AvgIpc) is 3.16. The van der Waals surface area contributed by atoms with E-state index in [0.717, 1.165) is 5.56 Å². The van der Waals surface area contributed by atoms with Gasteiger partial charge in [-0.3, -0.25) is 4.79 Å². The van der Waals surface area contributed by atoms with Gasteiger partial charge in [-0.1, -0.05) is 41.9 Å². The van der Waals surface area contributed by atoms with E-state index in [0.29, 0.717) is 40.1 Å². The first-order chi connectivity index (χ1) is 15.8. The Balaban J connectivity index is 1.56. The van der Waals surface area contributed by atoms with E-state index in [9.17, 15) is 18.0 Å². The Labute approximate surface area is 197 Å². The summed E-state index contributed by atoms with van der Waals surface area (Å²) >= 11 is 5.98. The molecule has 1 aromatic heterocycles. The highest BCUT2D eigenvalue weighted by Crippen LogP contribution is 2.26. The second kappa shape index (κ2) is 9.49. The number of pyridine rings is 1. The number of hydrogen-bond acceptors (Lipinski definition) is 6. The van der Waals surface area contributed by atoms with E-state index < -0.39 is 28.3 Å². The molecule has 2 aromatic carbocycles. The minimum absolute atomic E-state index is 0.0556. The lowest BCUT2D eigenvalue weighted by Gasteiger charge is -2.26. The van der Waals surface area contributed by atoms with Crippen molar-refractivity contribution in [3.05, 3.63) is 65.2 Å². The van der Waals surface area contributed by atoms with E-state index in [4.69, 9.17) is 16.3 Å². The molecule has 1 amide bonds. The summed E-state index contributed by atoms with van der Waals surface area (Å²) in [4.78, 5) is 31.8. The standard InChI is InChI=1S/C24H23ClN2O5S/c1-2-27(18-11-12-33(30,31)15-18)23(28)14-32-24(29)20-13-22(16-7-9-17(25)10-8-16)26-21-6-4-3-5-19(20)21/h3-10,13,18H,2,11-12,14-15H2,1H3/t18-/m1/s1. The Bertz CT molecular complexity index is 1310. The van der Waals surface area contributed by atoms with Crippen LogP contribution in [0.15, 0.2) is 54.6 Å². The SMILES string of the molecule is CCN(C(=O)COC(=O)c1cc(-c2ccc(Cl)cc2)nc2ccccc12)[C@@H]1CCS(=O)(=O)C1. The number of fused-ring (bicyclic) bond motifs is 1. The van der Waals surface area contributed by atoms with E-state index in [-0.39, 0.29) is 17.5 Å². The van der Waals surface area contributed by atoms with Crippen molar-refractivity contribution in [2.45, 2.75) is 19.4 Å². The number of nitrogens with zero attached hydrogens (tertiary/aromatic N) is 2. The number of benzene rings is 2. The molecule has 0 saturated carbocycles. The molecule has 0 bridgehead atoms. The maximum absolute atomic E-state index is 13.0. The van der Waals surface area contributed by atoms with Gasteiger partial charge in [0, 0.05) is 28.6 Å². The van der Waals surface area contributed by atoms with Crippen LogP contribution in [0.1, 0.15) is 23.7 Å². The van der Waals surface area contributed by atoms with Crippen molar-refractivity contribution in [3.63, 3.8) is 0 Å². The lowest BCUT2D eigenvalue weighted by Crippen LogP contribution is -2.43. The largest absolute Gasteiger partial charge is 0.452 e. The molecule has 4 rings (SSSR count). The molecule has 0 unspecified atom stereocenters. The molecule has 0 spiro atoms. The average molecular weight is 487 g/mol. The number of rotatable bonds is 6. The smallest absolute Gasteiger partial charge is 0.339 e. The zero-order chi connectivity index (χ0) is 23.6.